The summed E-state index contributed by atoms with van der Waals surface area (Å²) < 4.78 is 5.90. The normalized spacial score (nSPS) is 12.1. The molecule has 1 heterocycles. The summed E-state index contributed by atoms with van der Waals surface area (Å²) in [5, 5.41) is 3.54. The van der Waals surface area contributed by atoms with E-state index >= 15 is 0 Å². The number of rotatable bonds is 7. The summed E-state index contributed by atoms with van der Waals surface area (Å²) >= 11 is 0. The molecule has 0 saturated carbocycles. The monoisotopic (exact) mass is 284 g/mol. The van der Waals surface area contributed by atoms with Gasteiger partial charge in [-0.2, -0.15) is 0 Å². The van der Waals surface area contributed by atoms with Gasteiger partial charge in [-0.25, -0.2) is 0 Å². The first-order valence-electron chi connectivity index (χ1n) is 7.63. The van der Waals surface area contributed by atoms with Gasteiger partial charge in [0.1, 0.15) is 5.75 Å². The minimum Gasteiger partial charge on any atom is -0.493 e. The lowest BCUT2D eigenvalue weighted by molar-refractivity contribution is 0.312. The molecule has 1 aromatic carbocycles. The van der Waals surface area contributed by atoms with Crippen molar-refractivity contribution in [2.45, 2.75) is 33.2 Å². The smallest absolute Gasteiger partial charge is 0.124 e. The molecule has 0 spiro atoms. The molecule has 2 aromatic rings. The highest BCUT2D eigenvalue weighted by molar-refractivity contribution is 5.41. The maximum absolute atomic E-state index is 5.90. The summed E-state index contributed by atoms with van der Waals surface area (Å²) in [4.78, 5) is 4.32. The van der Waals surface area contributed by atoms with E-state index in [1.165, 1.54) is 16.7 Å². The second-order valence-electron chi connectivity index (χ2n) is 5.17. The lowest BCUT2D eigenvalue weighted by atomic mass is 9.98. The molecule has 0 fully saturated rings. The Balaban J connectivity index is 2.38. The Morgan fingerprint density at radius 1 is 1.19 bits per heavy atom. The number of para-hydroxylation sites is 1. The van der Waals surface area contributed by atoms with Gasteiger partial charge in [-0.15, -0.1) is 0 Å². The number of aryl methyl sites for hydroxylation is 1. The molecule has 0 aliphatic carbocycles. The van der Waals surface area contributed by atoms with Crippen LogP contribution in [0.5, 0.6) is 5.75 Å². The van der Waals surface area contributed by atoms with Gasteiger partial charge in [0, 0.05) is 18.0 Å². The molecule has 0 bridgehead atoms. The fourth-order valence-electron chi connectivity index (χ4n) is 2.41. The lowest BCUT2D eigenvalue weighted by Gasteiger charge is -2.22. The molecule has 3 heteroatoms. The summed E-state index contributed by atoms with van der Waals surface area (Å²) in [7, 11) is 0. The number of hydrogen-bond donors (Lipinski definition) is 1. The van der Waals surface area contributed by atoms with Crippen LogP contribution in [0, 0.1) is 6.92 Å². The third kappa shape index (κ3) is 4.05. The molecule has 3 nitrogen and oxygen atoms in total. The number of pyridine rings is 1. The van der Waals surface area contributed by atoms with Crippen molar-refractivity contribution in [3.05, 3.63) is 59.4 Å². The van der Waals surface area contributed by atoms with E-state index in [-0.39, 0.29) is 6.04 Å². The highest BCUT2D eigenvalue weighted by atomic mass is 16.5. The first-order valence-corrected chi connectivity index (χ1v) is 7.63. The standard InChI is InChI=1S/C18H24N2O/c1-4-10-21-17-9-7-6-8-16(17)18(20-5-2)15-11-14(3)12-19-13-15/h6-9,11-13,18,20H,4-5,10H2,1-3H3. The van der Waals surface area contributed by atoms with Gasteiger partial charge in [0.25, 0.3) is 0 Å². The molecule has 0 aliphatic heterocycles. The Morgan fingerprint density at radius 3 is 2.71 bits per heavy atom. The van der Waals surface area contributed by atoms with Crippen molar-refractivity contribution in [2.75, 3.05) is 13.2 Å². The lowest BCUT2D eigenvalue weighted by Crippen LogP contribution is -2.23. The van der Waals surface area contributed by atoms with Gasteiger partial charge in [-0.05, 0) is 37.1 Å². The van der Waals surface area contributed by atoms with E-state index in [0.717, 1.165) is 25.3 Å². The molecular weight excluding hydrogens is 260 g/mol. The average molecular weight is 284 g/mol. The summed E-state index contributed by atoms with van der Waals surface area (Å²) in [6, 6.07) is 10.5. The number of aromatic nitrogens is 1. The van der Waals surface area contributed by atoms with Crippen molar-refractivity contribution < 1.29 is 4.74 Å². The number of ether oxygens (including phenoxy) is 1. The first kappa shape index (κ1) is 15.5. The first-order chi connectivity index (χ1) is 10.3. The molecule has 0 radical (unpaired) electrons. The molecule has 1 atom stereocenters. The molecule has 21 heavy (non-hydrogen) atoms. The van der Waals surface area contributed by atoms with Gasteiger partial charge in [0.15, 0.2) is 0 Å². The molecule has 112 valence electrons. The molecule has 0 amide bonds. The summed E-state index contributed by atoms with van der Waals surface area (Å²) in [6.07, 6.45) is 4.81. The van der Waals surface area contributed by atoms with E-state index in [4.69, 9.17) is 4.74 Å². The number of benzene rings is 1. The molecular formula is C18H24N2O. The van der Waals surface area contributed by atoms with Crippen molar-refractivity contribution in [3.63, 3.8) is 0 Å². The van der Waals surface area contributed by atoms with Crippen LogP contribution in [-0.4, -0.2) is 18.1 Å². The Kier molecular flexibility index (Phi) is 5.76. The zero-order chi connectivity index (χ0) is 15.1. The van der Waals surface area contributed by atoms with Gasteiger partial charge < -0.3 is 10.1 Å². The molecule has 2 rings (SSSR count). The molecule has 0 aliphatic rings. The van der Waals surface area contributed by atoms with E-state index in [1.807, 2.05) is 24.5 Å². The van der Waals surface area contributed by atoms with E-state index in [2.05, 4.69) is 49.3 Å². The maximum Gasteiger partial charge on any atom is 0.124 e. The van der Waals surface area contributed by atoms with Crippen LogP contribution in [0.3, 0.4) is 0 Å². The van der Waals surface area contributed by atoms with Crippen molar-refractivity contribution in [3.8, 4) is 5.75 Å². The summed E-state index contributed by atoms with van der Waals surface area (Å²) in [6.45, 7) is 7.93. The number of nitrogens with one attached hydrogen (secondary N) is 1. The second kappa shape index (κ2) is 7.79. The fourth-order valence-corrected chi connectivity index (χ4v) is 2.41. The Morgan fingerprint density at radius 2 is 2.00 bits per heavy atom. The van der Waals surface area contributed by atoms with Crippen LogP contribution in [0.1, 0.15) is 43.0 Å². The van der Waals surface area contributed by atoms with Crippen molar-refractivity contribution in [2.24, 2.45) is 0 Å². The van der Waals surface area contributed by atoms with Gasteiger partial charge in [0.2, 0.25) is 0 Å². The Bertz CT molecular complexity index is 569. The van der Waals surface area contributed by atoms with Crippen LogP contribution >= 0.6 is 0 Å². The molecule has 1 aromatic heterocycles. The Hall–Kier alpha value is -1.87. The molecule has 1 unspecified atom stereocenters. The molecule has 0 saturated heterocycles. The molecule has 1 N–H and O–H groups in total. The van der Waals surface area contributed by atoms with Crippen LogP contribution in [-0.2, 0) is 0 Å². The predicted octanol–water partition coefficient (Wildman–Crippen LogP) is 3.88. The van der Waals surface area contributed by atoms with E-state index in [9.17, 15) is 0 Å². The summed E-state index contributed by atoms with van der Waals surface area (Å²) in [5.41, 5.74) is 3.51. The van der Waals surface area contributed by atoms with E-state index in [0.29, 0.717) is 0 Å². The SMILES string of the molecule is CCCOc1ccccc1C(NCC)c1cncc(C)c1. The number of hydrogen-bond acceptors (Lipinski definition) is 3. The highest BCUT2D eigenvalue weighted by Gasteiger charge is 2.17. The highest BCUT2D eigenvalue weighted by Crippen LogP contribution is 2.30. The minimum absolute atomic E-state index is 0.107. The quantitative estimate of drug-likeness (QED) is 0.838. The van der Waals surface area contributed by atoms with Crippen molar-refractivity contribution >= 4 is 0 Å². The zero-order valence-electron chi connectivity index (χ0n) is 13.1. The van der Waals surface area contributed by atoms with Crippen LogP contribution in [0.4, 0.5) is 0 Å². The predicted molar refractivity (Wildman–Crippen MR) is 86.7 cm³/mol. The number of nitrogens with zero attached hydrogens (tertiary/aromatic N) is 1. The van der Waals surface area contributed by atoms with Crippen molar-refractivity contribution in [1.29, 1.82) is 0 Å². The van der Waals surface area contributed by atoms with E-state index < -0.39 is 0 Å². The van der Waals surface area contributed by atoms with E-state index in [1.54, 1.807) is 0 Å². The summed E-state index contributed by atoms with van der Waals surface area (Å²) in [5.74, 6) is 0.951. The maximum atomic E-state index is 5.90. The second-order valence-corrected chi connectivity index (χ2v) is 5.17. The Labute approximate surface area is 127 Å². The third-order valence-electron chi connectivity index (χ3n) is 3.33. The average Bonchev–Trinajstić information content (AvgIpc) is 2.51. The van der Waals surface area contributed by atoms with Crippen LogP contribution < -0.4 is 10.1 Å². The largest absolute Gasteiger partial charge is 0.493 e. The van der Waals surface area contributed by atoms with Gasteiger partial charge in [-0.1, -0.05) is 38.1 Å². The van der Waals surface area contributed by atoms with Gasteiger partial charge in [-0.3, -0.25) is 4.98 Å². The fraction of sp³-hybridized carbons (Fsp3) is 0.389. The van der Waals surface area contributed by atoms with Crippen LogP contribution in [0.2, 0.25) is 0 Å². The van der Waals surface area contributed by atoms with Crippen LogP contribution in [0.15, 0.2) is 42.7 Å². The topological polar surface area (TPSA) is 34.1 Å². The third-order valence-corrected chi connectivity index (χ3v) is 3.33. The van der Waals surface area contributed by atoms with Gasteiger partial charge in [0.05, 0.1) is 12.6 Å². The van der Waals surface area contributed by atoms with Gasteiger partial charge >= 0.3 is 0 Å². The minimum atomic E-state index is 0.107. The van der Waals surface area contributed by atoms with Crippen molar-refractivity contribution in [1.82, 2.24) is 10.3 Å². The van der Waals surface area contributed by atoms with Crippen LogP contribution in [0.25, 0.3) is 0 Å². The zero-order valence-corrected chi connectivity index (χ0v) is 13.1.